The highest BCUT2D eigenvalue weighted by Crippen LogP contribution is 2.25. The Bertz CT molecular complexity index is 1280. The molecule has 5 aromatic rings. The summed E-state index contributed by atoms with van der Waals surface area (Å²) in [6.07, 6.45) is 3.33. The highest BCUT2D eigenvalue weighted by atomic mass is 32.1. The van der Waals surface area contributed by atoms with Crippen LogP contribution in [0.15, 0.2) is 82.2 Å². The van der Waals surface area contributed by atoms with Crippen molar-refractivity contribution in [2.24, 2.45) is 0 Å². The van der Waals surface area contributed by atoms with Crippen molar-refractivity contribution in [3.63, 3.8) is 0 Å². The summed E-state index contributed by atoms with van der Waals surface area (Å²) in [5, 5.41) is 12.2. The summed E-state index contributed by atoms with van der Waals surface area (Å²) >= 11 is 1.61. The molecule has 0 atom stereocenters. The molecule has 0 bridgehead atoms. The van der Waals surface area contributed by atoms with Gasteiger partial charge in [0.05, 0.1) is 29.1 Å². The Hall–Kier alpha value is -3.71. The smallest absolute Gasteiger partial charge is 0.252 e. The number of furan rings is 1. The summed E-state index contributed by atoms with van der Waals surface area (Å²) in [6, 6.07) is 17.4. The number of thiophene rings is 1. The van der Waals surface area contributed by atoms with Crippen LogP contribution >= 0.6 is 11.3 Å². The Labute approximate surface area is 176 Å². The Morgan fingerprint density at radius 2 is 2.03 bits per heavy atom. The van der Waals surface area contributed by atoms with Crippen molar-refractivity contribution >= 4 is 28.3 Å². The minimum atomic E-state index is -0.150. The number of amides is 1. The monoisotopic (exact) mass is 414 g/mol. The van der Waals surface area contributed by atoms with E-state index in [1.807, 2.05) is 65.4 Å². The van der Waals surface area contributed by atoms with Crippen LogP contribution in [-0.2, 0) is 13.1 Å². The molecule has 0 radical (unpaired) electrons. The first-order valence-electron chi connectivity index (χ1n) is 9.51. The third kappa shape index (κ3) is 3.62. The molecule has 4 aromatic heterocycles. The van der Waals surface area contributed by atoms with Crippen LogP contribution < -0.4 is 5.32 Å². The fraction of sp³-hybridized carbons (Fsp3) is 0.0870. The fourth-order valence-electron chi connectivity index (χ4n) is 3.33. The number of hydrogen-bond donors (Lipinski definition) is 1. The molecule has 0 fully saturated rings. The Balaban J connectivity index is 1.57. The van der Waals surface area contributed by atoms with Gasteiger partial charge < -0.3 is 9.73 Å². The van der Waals surface area contributed by atoms with Gasteiger partial charge in [0.1, 0.15) is 12.3 Å². The highest BCUT2D eigenvalue weighted by molar-refractivity contribution is 7.07. The van der Waals surface area contributed by atoms with Crippen molar-refractivity contribution in [3.8, 4) is 11.3 Å². The lowest BCUT2D eigenvalue weighted by atomic mass is 10.1. The van der Waals surface area contributed by atoms with Gasteiger partial charge in [-0.25, -0.2) is 9.67 Å². The van der Waals surface area contributed by atoms with Gasteiger partial charge in [0, 0.05) is 12.1 Å². The number of nitrogens with one attached hydrogen (secondary N) is 1. The van der Waals surface area contributed by atoms with Gasteiger partial charge in [0.2, 0.25) is 0 Å². The number of carbonyl (C=O) groups excluding carboxylic acids is 1. The van der Waals surface area contributed by atoms with Gasteiger partial charge in [-0.1, -0.05) is 30.3 Å². The van der Waals surface area contributed by atoms with Crippen LogP contribution in [0.1, 0.15) is 21.7 Å². The van der Waals surface area contributed by atoms with E-state index in [0.29, 0.717) is 29.7 Å². The first-order chi connectivity index (χ1) is 14.8. The lowest BCUT2D eigenvalue weighted by Gasteiger charge is -2.09. The average Bonchev–Trinajstić information content (AvgIpc) is 3.55. The van der Waals surface area contributed by atoms with Crippen molar-refractivity contribution in [1.82, 2.24) is 20.1 Å². The zero-order valence-corrected chi connectivity index (χ0v) is 16.8. The van der Waals surface area contributed by atoms with Gasteiger partial charge in [-0.2, -0.15) is 16.4 Å². The largest absolute Gasteiger partial charge is 0.467 e. The molecule has 1 aromatic carbocycles. The summed E-state index contributed by atoms with van der Waals surface area (Å²) in [4.78, 5) is 17.9. The molecule has 7 heteroatoms. The SMILES string of the molecule is O=C(NCc1ccsc1)c1cc(-c2ccccc2)nc2c1cnn2Cc1ccco1. The van der Waals surface area contributed by atoms with E-state index in [4.69, 9.17) is 9.40 Å². The first-order valence-corrected chi connectivity index (χ1v) is 10.5. The maximum atomic E-state index is 13.1. The van der Waals surface area contributed by atoms with Crippen LogP contribution in [0.5, 0.6) is 0 Å². The topological polar surface area (TPSA) is 73.0 Å². The molecule has 1 amide bonds. The molecule has 0 aliphatic heterocycles. The van der Waals surface area contributed by atoms with Crippen molar-refractivity contribution in [1.29, 1.82) is 0 Å². The number of pyridine rings is 1. The van der Waals surface area contributed by atoms with E-state index in [-0.39, 0.29) is 5.91 Å². The Kier molecular flexibility index (Phi) is 4.86. The van der Waals surface area contributed by atoms with E-state index < -0.39 is 0 Å². The first kappa shape index (κ1) is 18.3. The molecule has 4 heterocycles. The molecule has 0 spiro atoms. The Morgan fingerprint density at radius 3 is 2.80 bits per heavy atom. The number of fused-ring (bicyclic) bond motifs is 1. The molecular formula is C23H18N4O2S. The molecule has 0 aliphatic rings. The predicted molar refractivity (Wildman–Crippen MR) is 116 cm³/mol. The normalized spacial score (nSPS) is 11.1. The minimum absolute atomic E-state index is 0.150. The molecule has 0 saturated heterocycles. The summed E-state index contributed by atoms with van der Waals surface area (Å²) < 4.78 is 7.22. The van der Waals surface area contributed by atoms with Crippen molar-refractivity contribution in [3.05, 3.63) is 94.7 Å². The van der Waals surface area contributed by atoms with Gasteiger partial charge in [-0.05, 0) is 40.6 Å². The number of hydrogen-bond acceptors (Lipinski definition) is 5. The maximum absolute atomic E-state index is 13.1. The predicted octanol–water partition coefficient (Wildman–Crippen LogP) is 4.73. The third-order valence-corrected chi connectivity index (χ3v) is 5.57. The number of benzene rings is 1. The van der Waals surface area contributed by atoms with Gasteiger partial charge in [0.25, 0.3) is 5.91 Å². The summed E-state index contributed by atoms with van der Waals surface area (Å²) in [7, 11) is 0. The number of carbonyl (C=O) groups is 1. The molecule has 6 nitrogen and oxygen atoms in total. The summed E-state index contributed by atoms with van der Waals surface area (Å²) in [5.41, 5.74) is 3.95. The van der Waals surface area contributed by atoms with E-state index in [0.717, 1.165) is 22.6 Å². The van der Waals surface area contributed by atoms with Crippen molar-refractivity contribution in [2.75, 3.05) is 0 Å². The van der Waals surface area contributed by atoms with E-state index >= 15 is 0 Å². The fourth-order valence-corrected chi connectivity index (χ4v) is 4.00. The van der Waals surface area contributed by atoms with E-state index in [1.165, 1.54) is 0 Å². The molecule has 0 aliphatic carbocycles. The number of aromatic nitrogens is 3. The van der Waals surface area contributed by atoms with Gasteiger partial charge in [0.15, 0.2) is 5.65 Å². The van der Waals surface area contributed by atoms with Crippen LogP contribution in [-0.4, -0.2) is 20.7 Å². The second-order valence-corrected chi connectivity index (χ2v) is 7.63. The standard InChI is InChI=1S/C23H18N4O2S/c28-23(24-12-16-8-10-30-15-16)19-11-21(17-5-2-1-3-6-17)26-22-20(19)13-25-27(22)14-18-7-4-9-29-18/h1-11,13,15H,12,14H2,(H,24,28). The molecule has 0 saturated carbocycles. The second kappa shape index (κ2) is 7.96. The average molecular weight is 414 g/mol. The van der Waals surface area contributed by atoms with Crippen LogP contribution in [0.4, 0.5) is 0 Å². The summed E-state index contributed by atoms with van der Waals surface area (Å²) in [5.74, 6) is 0.624. The lowest BCUT2D eigenvalue weighted by Crippen LogP contribution is -2.23. The lowest BCUT2D eigenvalue weighted by molar-refractivity contribution is 0.0952. The van der Waals surface area contributed by atoms with Crippen LogP contribution in [0.25, 0.3) is 22.3 Å². The molecule has 1 N–H and O–H groups in total. The zero-order chi connectivity index (χ0) is 20.3. The van der Waals surface area contributed by atoms with Gasteiger partial charge in [-0.15, -0.1) is 0 Å². The van der Waals surface area contributed by atoms with Gasteiger partial charge in [-0.3, -0.25) is 4.79 Å². The zero-order valence-electron chi connectivity index (χ0n) is 16.0. The van der Waals surface area contributed by atoms with Crippen molar-refractivity contribution < 1.29 is 9.21 Å². The third-order valence-electron chi connectivity index (χ3n) is 4.84. The summed E-state index contributed by atoms with van der Waals surface area (Å²) in [6.45, 7) is 0.922. The van der Waals surface area contributed by atoms with Crippen molar-refractivity contribution in [2.45, 2.75) is 13.1 Å². The van der Waals surface area contributed by atoms with E-state index in [9.17, 15) is 4.79 Å². The van der Waals surface area contributed by atoms with Crippen LogP contribution in [0.3, 0.4) is 0 Å². The Morgan fingerprint density at radius 1 is 1.13 bits per heavy atom. The van der Waals surface area contributed by atoms with E-state index in [1.54, 1.807) is 28.5 Å². The molecule has 148 valence electrons. The molecule has 5 rings (SSSR count). The molecular weight excluding hydrogens is 396 g/mol. The highest BCUT2D eigenvalue weighted by Gasteiger charge is 2.18. The quantitative estimate of drug-likeness (QED) is 0.436. The minimum Gasteiger partial charge on any atom is -0.467 e. The number of nitrogens with zero attached hydrogens (tertiary/aromatic N) is 3. The van der Waals surface area contributed by atoms with Crippen LogP contribution in [0.2, 0.25) is 0 Å². The van der Waals surface area contributed by atoms with E-state index in [2.05, 4.69) is 10.4 Å². The molecule has 0 unspecified atom stereocenters. The number of rotatable bonds is 6. The molecule has 30 heavy (non-hydrogen) atoms. The maximum Gasteiger partial charge on any atom is 0.252 e. The van der Waals surface area contributed by atoms with Gasteiger partial charge >= 0.3 is 0 Å². The van der Waals surface area contributed by atoms with Crippen LogP contribution in [0, 0.1) is 0 Å². The second-order valence-electron chi connectivity index (χ2n) is 6.85.